The molecule has 0 aromatic heterocycles. The van der Waals surface area contributed by atoms with E-state index in [-0.39, 0.29) is 18.2 Å². The number of rotatable bonds is 1. The van der Waals surface area contributed by atoms with Gasteiger partial charge in [-0.3, -0.25) is 9.69 Å². The van der Waals surface area contributed by atoms with Crippen LogP contribution in [0.5, 0.6) is 0 Å². The van der Waals surface area contributed by atoms with Crippen LogP contribution in [0.4, 0.5) is 5.69 Å². The Morgan fingerprint density at radius 3 is 2.69 bits per heavy atom. The molecule has 5 unspecified atom stereocenters. The minimum atomic E-state index is -0.889. The van der Waals surface area contributed by atoms with Crippen LogP contribution in [-0.2, 0) is 14.4 Å². The molecule has 2 aromatic carbocycles. The summed E-state index contributed by atoms with van der Waals surface area (Å²) in [6, 6.07) is 17.2. The van der Waals surface area contributed by atoms with Crippen molar-refractivity contribution in [1.29, 1.82) is 0 Å². The Hall–Kier alpha value is -2.70. The summed E-state index contributed by atoms with van der Waals surface area (Å²) >= 11 is 0. The zero-order valence-electron chi connectivity index (χ0n) is 13.8. The van der Waals surface area contributed by atoms with Gasteiger partial charge in [0.05, 0.1) is 23.7 Å². The maximum atomic E-state index is 12.5. The monoisotopic (exact) mass is 348 g/mol. The number of carbonyl (C=O) groups is 1. The molecule has 2 bridgehead atoms. The molecule has 6 nitrogen and oxygen atoms in total. The topological polar surface area (TPSA) is 71.4 Å². The molecule has 4 aliphatic rings. The summed E-state index contributed by atoms with van der Waals surface area (Å²) in [4.78, 5) is 19.9. The van der Waals surface area contributed by atoms with Gasteiger partial charge < -0.3 is 14.7 Å². The maximum Gasteiger partial charge on any atom is 0.234 e. The molecule has 2 aromatic rings. The van der Waals surface area contributed by atoms with Crippen molar-refractivity contribution in [3.8, 4) is 0 Å². The summed E-state index contributed by atoms with van der Waals surface area (Å²) < 4.78 is 6.34. The predicted octanol–water partition coefficient (Wildman–Crippen LogP) is 1.98. The van der Waals surface area contributed by atoms with Gasteiger partial charge >= 0.3 is 0 Å². The number of β-lactam (4-membered cyclic amide) rings is 1. The van der Waals surface area contributed by atoms with Gasteiger partial charge in [0.2, 0.25) is 5.91 Å². The molecule has 0 radical (unpaired) electrons. The normalized spacial score (nSPS) is 36.3. The van der Waals surface area contributed by atoms with Crippen LogP contribution in [0, 0.1) is 5.92 Å². The van der Waals surface area contributed by atoms with Crippen molar-refractivity contribution in [2.45, 2.75) is 30.5 Å². The Kier molecular flexibility index (Phi) is 2.63. The smallest absolute Gasteiger partial charge is 0.234 e. The summed E-state index contributed by atoms with van der Waals surface area (Å²) in [5.41, 5.74) is 2.25. The number of hydrogen-bond donors (Lipinski definition) is 1. The van der Waals surface area contributed by atoms with Gasteiger partial charge in [-0.1, -0.05) is 53.7 Å². The number of ether oxygens (including phenoxy) is 1. The number of amides is 1. The predicted molar refractivity (Wildman–Crippen MR) is 92.5 cm³/mol. The van der Waals surface area contributed by atoms with Crippen LogP contribution in [-0.4, -0.2) is 34.7 Å². The van der Waals surface area contributed by atoms with E-state index in [1.165, 1.54) is 0 Å². The first-order valence-corrected chi connectivity index (χ1v) is 8.78. The number of fused-ring (bicyclic) bond motifs is 5. The largest absolute Gasteiger partial charge is 0.386 e. The van der Waals surface area contributed by atoms with Gasteiger partial charge in [0, 0.05) is 5.56 Å². The Labute approximate surface area is 149 Å². The van der Waals surface area contributed by atoms with Crippen molar-refractivity contribution >= 4 is 17.3 Å². The van der Waals surface area contributed by atoms with E-state index in [0.717, 1.165) is 11.3 Å². The molecule has 2 fully saturated rings. The number of benzene rings is 2. The van der Waals surface area contributed by atoms with Crippen molar-refractivity contribution in [2.75, 3.05) is 4.90 Å². The maximum absolute atomic E-state index is 12.5. The van der Waals surface area contributed by atoms with Crippen LogP contribution in [0.25, 0.3) is 0 Å². The van der Waals surface area contributed by atoms with Gasteiger partial charge in [-0.15, -0.1) is 0 Å². The highest BCUT2D eigenvalue weighted by atomic mass is 16.7. The van der Waals surface area contributed by atoms with Gasteiger partial charge in [0.15, 0.2) is 11.8 Å². The highest BCUT2D eigenvalue weighted by Crippen LogP contribution is 2.58. The van der Waals surface area contributed by atoms with Crippen molar-refractivity contribution in [1.82, 2.24) is 0 Å². The number of nitrogens with zero attached hydrogens (tertiary/aromatic N) is 2. The van der Waals surface area contributed by atoms with E-state index in [9.17, 15) is 9.90 Å². The fourth-order valence-electron chi connectivity index (χ4n) is 4.84. The van der Waals surface area contributed by atoms with E-state index in [4.69, 9.17) is 9.57 Å². The number of carbonyl (C=O) groups excluding carboxylic acids is 1. The van der Waals surface area contributed by atoms with E-state index >= 15 is 0 Å². The fourth-order valence-corrected chi connectivity index (χ4v) is 4.84. The number of oxime groups is 1. The minimum Gasteiger partial charge on any atom is -0.386 e. The van der Waals surface area contributed by atoms with Gasteiger partial charge in [0.25, 0.3) is 0 Å². The lowest BCUT2D eigenvalue weighted by Crippen LogP contribution is -2.69. The van der Waals surface area contributed by atoms with Crippen molar-refractivity contribution in [3.63, 3.8) is 0 Å². The molecule has 4 aliphatic heterocycles. The SMILES string of the molecule is O=C1CC23OC(C(O)c4ccccc4N12)C1C(c2ccccc2)=NOC13. The van der Waals surface area contributed by atoms with Gasteiger partial charge in [-0.25, -0.2) is 0 Å². The van der Waals surface area contributed by atoms with Crippen molar-refractivity contribution in [3.05, 3.63) is 65.7 Å². The van der Waals surface area contributed by atoms with Gasteiger partial charge in [0.1, 0.15) is 12.2 Å². The lowest BCUT2D eigenvalue weighted by molar-refractivity contribution is -0.170. The van der Waals surface area contributed by atoms with E-state index in [1.54, 1.807) is 4.90 Å². The van der Waals surface area contributed by atoms with Crippen molar-refractivity contribution < 1.29 is 19.5 Å². The van der Waals surface area contributed by atoms with E-state index in [0.29, 0.717) is 11.3 Å². The average molecular weight is 348 g/mol. The molecule has 6 rings (SSSR count). The van der Waals surface area contributed by atoms with Gasteiger partial charge in [-0.05, 0) is 11.6 Å². The molecule has 0 aliphatic carbocycles. The number of aliphatic hydroxyl groups is 1. The number of hydrogen-bond acceptors (Lipinski definition) is 5. The van der Waals surface area contributed by atoms with Crippen LogP contribution < -0.4 is 4.90 Å². The second-order valence-electron chi connectivity index (χ2n) is 7.23. The lowest BCUT2D eigenvalue weighted by atomic mass is 9.77. The third-order valence-corrected chi connectivity index (χ3v) is 5.95. The van der Waals surface area contributed by atoms with Crippen LogP contribution >= 0.6 is 0 Å². The zero-order valence-corrected chi connectivity index (χ0v) is 13.8. The molecule has 1 amide bonds. The van der Waals surface area contributed by atoms with Crippen LogP contribution in [0.3, 0.4) is 0 Å². The Bertz CT molecular complexity index is 959. The summed E-state index contributed by atoms with van der Waals surface area (Å²) in [6.07, 6.45) is -1.54. The Morgan fingerprint density at radius 1 is 1.12 bits per heavy atom. The standard InChI is InChI=1S/C20H16N2O4/c23-14-10-20-19-15(16(21-26-19)11-6-2-1-3-7-11)18(25-20)17(24)12-8-4-5-9-13(12)22(14)20/h1-9,15,17-19,24H,10H2. The second kappa shape index (κ2) is 4.72. The van der Waals surface area contributed by atoms with E-state index in [2.05, 4.69) is 5.16 Å². The average Bonchev–Trinajstić information content (AvgIpc) is 3.20. The number of anilines is 1. The van der Waals surface area contributed by atoms with E-state index in [1.807, 2.05) is 54.6 Å². The first-order chi connectivity index (χ1) is 12.7. The minimum absolute atomic E-state index is 0.0253. The highest BCUT2D eigenvalue weighted by Gasteiger charge is 2.73. The fraction of sp³-hybridized carbons (Fsp3) is 0.300. The molecular weight excluding hydrogens is 332 g/mol. The molecule has 4 heterocycles. The molecule has 5 atom stereocenters. The molecule has 130 valence electrons. The van der Waals surface area contributed by atoms with E-state index < -0.39 is 24.0 Å². The highest BCUT2D eigenvalue weighted by molar-refractivity contribution is 6.07. The summed E-state index contributed by atoms with van der Waals surface area (Å²) in [5.74, 6) is -0.251. The summed E-state index contributed by atoms with van der Waals surface area (Å²) in [7, 11) is 0. The molecule has 1 N–H and O–H groups in total. The first kappa shape index (κ1) is 14.5. The number of para-hydroxylation sites is 1. The van der Waals surface area contributed by atoms with Crippen LogP contribution in [0.2, 0.25) is 0 Å². The summed E-state index contributed by atoms with van der Waals surface area (Å²) in [6.45, 7) is 0. The zero-order chi connectivity index (χ0) is 17.5. The van der Waals surface area contributed by atoms with Crippen molar-refractivity contribution in [2.24, 2.45) is 11.1 Å². The molecule has 2 saturated heterocycles. The summed E-state index contributed by atoms with van der Waals surface area (Å²) in [5, 5.41) is 15.5. The molecular formula is C20H16N2O4. The van der Waals surface area contributed by atoms with Crippen LogP contribution in [0.1, 0.15) is 23.7 Å². The third kappa shape index (κ3) is 1.55. The number of aliphatic hydroxyl groups excluding tert-OH is 1. The van der Waals surface area contributed by atoms with Crippen LogP contribution in [0.15, 0.2) is 59.8 Å². The first-order valence-electron chi connectivity index (χ1n) is 8.78. The van der Waals surface area contributed by atoms with Gasteiger partial charge in [-0.2, -0.15) is 0 Å². The Morgan fingerprint density at radius 2 is 1.88 bits per heavy atom. The second-order valence-corrected chi connectivity index (χ2v) is 7.23. The Balaban J connectivity index is 1.52. The molecule has 1 spiro atoms. The molecule has 26 heavy (non-hydrogen) atoms. The lowest BCUT2D eigenvalue weighted by Gasteiger charge is -2.50. The molecule has 6 heteroatoms. The molecule has 0 saturated carbocycles. The third-order valence-electron chi connectivity index (χ3n) is 5.95. The quantitative estimate of drug-likeness (QED) is 0.800.